The molecule has 0 saturated carbocycles. The van der Waals surface area contributed by atoms with Gasteiger partial charge in [-0.3, -0.25) is 19.1 Å². The fraction of sp³-hybridized carbons (Fsp3) is 0.364. The lowest BCUT2D eigenvalue weighted by molar-refractivity contribution is -0.384. The highest BCUT2D eigenvalue weighted by atomic mass is 32.2. The summed E-state index contributed by atoms with van der Waals surface area (Å²) in [4.78, 5) is 21.7. The molecular weight excluding hydrogens is 242 g/mol. The average molecular weight is 255 g/mol. The molecule has 0 amide bonds. The van der Waals surface area contributed by atoms with Crippen LogP contribution in [0.3, 0.4) is 0 Å². The molecule has 0 aliphatic carbocycles. The number of carbonyl (C=O) groups excluding carboxylic acids is 1. The van der Waals surface area contributed by atoms with Crippen LogP contribution in [0.15, 0.2) is 24.3 Å². The Balaban J connectivity index is 2.86. The molecule has 0 saturated heterocycles. The van der Waals surface area contributed by atoms with Gasteiger partial charge < -0.3 is 0 Å². The molecule has 1 unspecified atom stereocenters. The van der Waals surface area contributed by atoms with Crippen molar-refractivity contribution in [3.63, 3.8) is 0 Å². The summed E-state index contributed by atoms with van der Waals surface area (Å²) in [7, 11) is -1.24. The monoisotopic (exact) mass is 255 g/mol. The second kappa shape index (κ2) is 5.67. The SMILES string of the molecule is CC(C)S(=O)CC(=O)c1cccc([N+](=O)[O-])c1. The topological polar surface area (TPSA) is 77.3 Å². The van der Waals surface area contributed by atoms with E-state index >= 15 is 0 Å². The van der Waals surface area contributed by atoms with E-state index in [2.05, 4.69) is 0 Å². The third kappa shape index (κ3) is 3.74. The van der Waals surface area contributed by atoms with E-state index in [1.54, 1.807) is 13.8 Å². The molecule has 0 N–H and O–H groups in total. The minimum atomic E-state index is -1.24. The van der Waals surface area contributed by atoms with Gasteiger partial charge in [-0.1, -0.05) is 26.0 Å². The first-order chi connectivity index (χ1) is 7.91. The maximum atomic E-state index is 11.7. The molecule has 1 rings (SSSR count). The summed E-state index contributed by atoms with van der Waals surface area (Å²) in [6, 6.07) is 5.46. The van der Waals surface area contributed by atoms with Gasteiger partial charge in [-0.05, 0) is 0 Å². The predicted octanol–water partition coefficient (Wildman–Crippen LogP) is 1.93. The molecule has 6 heteroatoms. The molecule has 1 aromatic carbocycles. The van der Waals surface area contributed by atoms with Crippen molar-refractivity contribution >= 4 is 22.3 Å². The van der Waals surface area contributed by atoms with Gasteiger partial charge in [0.1, 0.15) is 0 Å². The Morgan fingerprint density at radius 1 is 1.47 bits per heavy atom. The van der Waals surface area contributed by atoms with Crippen LogP contribution in [0.4, 0.5) is 5.69 Å². The fourth-order valence-corrected chi connectivity index (χ4v) is 1.93. The van der Waals surface area contributed by atoms with Crippen molar-refractivity contribution < 1.29 is 13.9 Å². The molecule has 0 aromatic heterocycles. The molecule has 5 nitrogen and oxygen atoms in total. The zero-order valence-electron chi connectivity index (χ0n) is 9.58. The largest absolute Gasteiger partial charge is 0.293 e. The molecule has 92 valence electrons. The van der Waals surface area contributed by atoms with E-state index in [0.29, 0.717) is 0 Å². The third-order valence-electron chi connectivity index (χ3n) is 2.18. The van der Waals surface area contributed by atoms with Gasteiger partial charge in [0.2, 0.25) is 0 Å². The first kappa shape index (κ1) is 13.5. The average Bonchev–Trinajstić information content (AvgIpc) is 2.28. The smallest absolute Gasteiger partial charge is 0.270 e. The number of benzene rings is 1. The summed E-state index contributed by atoms with van der Waals surface area (Å²) in [5.41, 5.74) is 0.0966. The van der Waals surface area contributed by atoms with Crippen molar-refractivity contribution in [1.82, 2.24) is 0 Å². The number of hydrogen-bond donors (Lipinski definition) is 0. The maximum absolute atomic E-state index is 11.7. The molecule has 1 atom stereocenters. The van der Waals surface area contributed by atoms with Crippen LogP contribution in [0.1, 0.15) is 24.2 Å². The maximum Gasteiger partial charge on any atom is 0.270 e. The Bertz CT molecular complexity index is 470. The lowest BCUT2D eigenvalue weighted by Crippen LogP contribution is -2.17. The van der Waals surface area contributed by atoms with Crippen LogP contribution in [0.2, 0.25) is 0 Å². The van der Waals surface area contributed by atoms with Crippen molar-refractivity contribution in [2.45, 2.75) is 19.1 Å². The lowest BCUT2D eigenvalue weighted by atomic mass is 10.1. The van der Waals surface area contributed by atoms with Crippen molar-refractivity contribution in [2.75, 3.05) is 5.75 Å². The van der Waals surface area contributed by atoms with Crippen LogP contribution in [0.25, 0.3) is 0 Å². The molecule has 0 spiro atoms. The Morgan fingerprint density at radius 3 is 2.65 bits per heavy atom. The fourth-order valence-electron chi connectivity index (χ4n) is 1.17. The Kier molecular flexibility index (Phi) is 4.51. The number of hydrogen-bond acceptors (Lipinski definition) is 4. The van der Waals surface area contributed by atoms with E-state index in [0.717, 1.165) is 0 Å². The second-order valence-electron chi connectivity index (χ2n) is 3.80. The number of nitro groups is 1. The first-order valence-corrected chi connectivity index (χ1v) is 6.45. The number of ketones is 1. The molecule has 0 aliphatic rings. The molecule has 0 aliphatic heterocycles. The highest BCUT2D eigenvalue weighted by Crippen LogP contribution is 2.14. The molecule has 0 heterocycles. The molecular formula is C11H13NO4S. The molecule has 0 fully saturated rings. The summed E-state index contributed by atoms with van der Waals surface area (Å²) >= 11 is 0. The van der Waals surface area contributed by atoms with Crippen molar-refractivity contribution in [3.8, 4) is 0 Å². The van der Waals surface area contributed by atoms with E-state index in [1.807, 2.05) is 0 Å². The summed E-state index contributed by atoms with van der Waals surface area (Å²) in [5, 5.41) is 10.4. The lowest BCUT2D eigenvalue weighted by Gasteiger charge is -2.04. The van der Waals surface area contributed by atoms with Crippen LogP contribution in [-0.4, -0.2) is 25.9 Å². The highest BCUT2D eigenvalue weighted by Gasteiger charge is 2.15. The van der Waals surface area contributed by atoms with Crippen LogP contribution in [0, 0.1) is 10.1 Å². The van der Waals surface area contributed by atoms with Crippen LogP contribution in [0.5, 0.6) is 0 Å². The van der Waals surface area contributed by atoms with Gasteiger partial charge >= 0.3 is 0 Å². The summed E-state index contributed by atoms with van der Waals surface area (Å²) in [5.74, 6) is -0.431. The Labute approximate surface area is 101 Å². The normalized spacial score (nSPS) is 12.4. The van der Waals surface area contributed by atoms with Gasteiger partial charge in [0.25, 0.3) is 5.69 Å². The number of nitrogens with zero attached hydrogens (tertiary/aromatic N) is 1. The van der Waals surface area contributed by atoms with Gasteiger partial charge in [0.15, 0.2) is 5.78 Å². The molecule has 17 heavy (non-hydrogen) atoms. The number of Topliss-reactive ketones (excluding diaryl/α,β-unsaturated/α-hetero) is 1. The molecule has 1 aromatic rings. The number of nitro benzene ring substituents is 1. The zero-order chi connectivity index (χ0) is 13.0. The van der Waals surface area contributed by atoms with Crippen LogP contribution in [-0.2, 0) is 10.8 Å². The Hall–Kier alpha value is -1.56. The van der Waals surface area contributed by atoms with Crippen molar-refractivity contribution in [1.29, 1.82) is 0 Å². The van der Waals surface area contributed by atoms with Crippen LogP contribution < -0.4 is 0 Å². The van der Waals surface area contributed by atoms with Crippen LogP contribution >= 0.6 is 0 Å². The number of carbonyl (C=O) groups is 1. The van der Waals surface area contributed by atoms with E-state index in [4.69, 9.17) is 0 Å². The quantitative estimate of drug-likeness (QED) is 0.457. The van der Waals surface area contributed by atoms with E-state index in [-0.39, 0.29) is 28.0 Å². The standard InChI is InChI=1S/C11H13NO4S/c1-8(2)17(16)7-11(13)9-4-3-5-10(6-9)12(14)15/h3-6,8H,7H2,1-2H3. The third-order valence-corrected chi connectivity index (χ3v) is 3.78. The second-order valence-corrected chi connectivity index (χ2v) is 5.80. The number of non-ortho nitro benzene ring substituents is 1. The van der Waals surface area contributed by atoms with Gasteiger partial charge in [-0.15, -0.1) is 0 Å². The predicted molar refractivity (Wildman–Crippen MR) is 65.6 cm³/mol. The van der Waals surface area contributed by atoms with Gasteiger partial charge in [0.05, 0.1) is 10.7 Å². The van der Waals surface area contributed by atoms with Gasteiger partial charge in [-0.25, -0.2) is 0 Å². The van der Waals surface area contributed by atoms with E-state index in [9.17, 15) is 19.1 Å². The minimum absolute atomic E-state index is 0.0984. The Morgan fingerprint density at radius 2 is 2.12 bits per heavy atom. The van der Waals surface area contributed by atoms with E-state index < -0.39 is 15.7 Å². The van der Waals surface area contributed by atoms with Gasteiger partial charge in [0, 0.05) is 33.7 Å². The summed E-state index contributed by atoms with van der Waals surface area (Å²) in [6.45, 7) is 3.52. The number of rotatable bonds is 5. The van der Waals surface area contributed by atoms with Gasteiger partial charge in [-0.2, -0.15) is 0 Å². The summed E-state index contributed by atoms with van der Waals surface area (Å²) in [6.07, 6.45) is 0. The summed E-state index contributed by atoms with van der Waals surface area (Å²) < 4.78 is 11.5. The highest BCUT2D eigenvalue weighted by molar-refractivity contribution is 7.86. The van der Waals surface area contributed by atoms with Crippen molar-refractivity contribution in [3.05, 3.63) is 39.9 Å². The zero-order valence-corrected chi connectivity index (χ0v) is 10.4. The minimum Gasteiger partial charge on any atom is -0.293 e. The first-order valence-electron chi connectivity index (χ1n) is 5.06. The molecule has 0 radical (unpaired) electrons. The molecule has 0 bridgehead atoms. The van der Waals surface area contributed by atoms with Crippen molar-refractivity contribution in [2.24, 2.45) is 0 Å². The van der Waals surface area contributed by atoms with E-state index in [1.165, 1.54) is 24.3 Å².